The van der Waals surface area contributed by atoms with Gasteiger partial charge in [0.2, 0.25) is 0 Å². The minimum absolute atomic E-state index is 0.141. The van der Waals surface area contributed by atoms with Gasteiger partial charge in [-0.25, -0.2) is 9.38 Å². The largest absolute Gasteiger partial charge is 0.494 e. The van der Waals surface area contributed by atoms with Crippen molar-refractivity contribution in [2.45, 2.75) is 12.8 Å². The van der Waals surface area contributed by atoms with Crippen molar-refractivity contribution in [1.29, 1.82) is 0 Å². The number of hydrogen-bond donors (Lipinski definition) is 0. The van der Waals surface area contributed by atoms with Crippen LogP contribution in [0.5, 0.6) is 0 Å². The molecule has 5 nitrogen and oxygen atoms in total. The summed E-state index contributed by atoms with van der Waals surface area (Å²) < 4.78 is 20.2. The Balaban J connectivity index is 1.89. The summed E-state index contributed by atoms with van der Waals surface area (Å²) in [5.41, 5.74) is 2.90. The Hall–Kier alpha value is -2.50. The third kappa shape index (κ3) is 2.03. The minimum Gasteiger partial charge on any atom is -0.494 e. The Kier molecular flexibility index (Phi) is 3.03. The van der Waals surface area contributed by atoms with Gasteiger partial charge in [-0.15, -0.1) is 0 Å². The summed E-state index contributed by atoms with van der Waals surface area (Å²) in [6, 6.07) is 0. The lowest BCUT2D eigenvalue weighted by Gasteiger charge is -2.33. The fourth-order valence-corrected chi connectivity index (χ4v) is 2.91. The summed E-state index contributed by atoms with van der Waals surface area (Å²) in [5.74, 6) is 0.711. The van der Waals surface area contributed by atoms with Crippen LogP contribution >= 0.6 is 0 Å². The van der Waals surface area contributed by atoms with Crippen LogP contribution in [-0.4, -0.2) is 34.9 Å². The Morgan fingerprint density at radius 2 is 2.18 bits per heavy atom. The molecule has 2 aliphatic heterocycles. The molecule has 0 unspecified atom stereocenters. The van der Waals surface area contributed by atoms with Gasteiger partial charge >= 0.3 is 0 Å². The maximum absolute atomic E-state index is 14.7. The van der Waals surface area contributed by atoms with Crippen LogP contribution in [0.25, 0.3) is 5.57 Å². The number of nitrogens with zero attached hydrogens (tertiary/aromatic N) is 4. The number of rotatable bonds is 3. The van der Waals surface area contributed by atoms with Crippen molar-refractivity contribution in [2.24, 2.45) is 10.9 Å². The molecule has 0 amide bonds. The van der Waals surface area contributed by atoms with Crippen LogP contribution in [0, 0.1) is 5.92 Å². The molecular formula is C16H15FN4O. The highest BCUT2D eigenvalue weighted by molar-refractivity contribution is 5.83. The molecule has 3 heterocycles. The van der Waals surface area contributed by atoms with Crippen LogP contribution in [0.2, 0.25) is 0 Å². The van der Waals surface area contributed by atoms with Gasteiger partial charge in [0.15, 0.2) is 5.76 Å². The van der Waals surface area contributed by atoms with E-state index in [1.807, 2.05) is 11.1 Å². The highest BCUT2D eigenvalue weighted by atomic mass is 19.1. The zero-order chi connectivity index (χ0) is 15.1. The van der Waals surface area contributed by atoms with Crippen LogP contribution < -0.4 is 0 Å². The molecule has 1 saturated carbocycles. The molecule has 6 heteroatoms. The summed E-state index contributed by atoms with van der Waals surface area (Å²) in [6.45, 7) is 0.141. The molecule has 0 radical (unpaired) electrons. The summed E-state index contributed by atoms with van der Waals surface area (Å²) in [6.07, 6.45) is 10.5. The summed E-state index contributed by atoms with van der Waals surface area (Å²) in [7, 11) is 1.56. The molecule has 0 N–H and O–H groups in total. The van der Waals surface area contributed by atoms with Gasteiger partial charge in [0, 0.05) is 24.2 Å². The van der Waals surface area contributed by atoms with Crippen molar-refractivity contribution in [3.63, 3.8) is 0 Å². The van der Waals surface area contributed by atoms with Gasteiger partial charge in [0.25, 0.3) is 0 Å². The SMILES string of the molecule is COC1=C2C(C3CC3)=CN=CN2CC(F)=C1c1cnccn1. The van der Waals surface area contributed by atoms with E-state index < -0.39 is 0 Å². The van der Waals surface area contributed by atoms with Crippen molar-refractivity contribution < 1.29 is 9.13 Å². The average molecular weight is 298 g/mol. The third-order valence-electron chi connectivity index (χ3n) is 4.04. The molecule has 1 aliphatic carbocycles. The molecule has 0 aromatic carbocycles. The fourth-order valence-electron chi connectivity index (χ4n) is 2.91. The zero-order valence-electron chi connectivity index (χ0n) is 12.2. The van der Waals surface area contributed by atoms with E-state index in [0.717, 1.165) is 24.1 Å². The van der Waals surface area contributed by atoms with E-state index >= 15 is 0 Å². The van der Waals surface area contributed by atoms with Crippen molar-refractivity contribution >= 4 is 11.9 Å². The number of fused-ring (bicyclic) bond motifs is 1. The Labute approximate surface area is 127 Å². The molecule has 0 saturated heterocycles. The Bertz CT molecular complexity index is 732. The lowest BCUT2D eigenvalue weighted by atomic mass is 9.97. The van der Waals surface area contributed by atoms with Crippen LogP contribution in [0.3, 0.4) is 0 Å². The number of halogens is 1. The van der Waals surface area contributed by atoms with Crippen molar-refractivity contribution in [3.8, 4) is 0 Å². The molecule has 1 aromatic heterocycles. The van der Waals surface area contributed by atoms with Gasteiger partial charge in [-0.3, -0.25) is 9.97 Å². The predicted octanol–water partition coefficient (Wildman–Crippen LogP) is 2.67. The third-order valence-corrected chi connectivity index (χ3v) is 4.04. The van der Waals surface area contributed by atoms with Gasteiger partial charge < -0.3 is 9.64 Å². The number of hydrogen-bond acceptors (Lipinski definition) is 5. The zero-order valence-corrected chi connectivity index (χ0v) is 12.2. The first kappa shape index (κ1) is 13.2. The van der Waals surface area contributed by atoms with Crippen molar-refractivity contribution in [1.82, 2.24) is 14.9 Å². The summed E-state index contributed by atoms with van der Waals surface area (Å²) >= 11 is 0. The highest BCUT2D eigenvalue weighted by Crippen LogP contribution is 2.46. The fraction of sp³-hybridized carbons (Fsp3) is 0.312. The standard InChI is InChI=1S/C16H15FN4O/c1-22-16-14(13-7-18-4-5-20-13)12(17)8-21-9-19-6-11(15(16)21)10-2-3-10/h4-7,9-10H,2-3,8H2,1H3. The average Bonchev–Trinajstić information content (AvgIpc) is 3.38. The van der Waals surface area contributed by atoms with Gasteiger partial charge in [0.05, 0.1) is 43.2 Å². The van der Waals surface area contributed by atoms with E-state index in [4.69, 9.17) is 4.74 Å². The van der Waals surface area contributed by atoms with Crippen LogP contribution in [0.4, 0.5) is 4.39 Å². The molecule has 1 aromatic rings. The van der Waals surface area contributed by atoms with Gasteiger partial charge in [0.1, 0.15) is 5.83 Å². The van der Waals surface area contributed by atoms with Crippen LogP contribution in [-0.2, 0) is 4.74 Å². The molecule has 22 heavy (non-hydrogen) atoms. The maximum Gasteiger partial charge on any atom is 0.155 e. The first-order valence-corrected chi connectivity index (χ1v) is 7.23. The predicted molar refractivity (Wildman–Crippen MR) is 80.1 cm³/mol. The van der Waals surface area contributed by atoms with Crippen LogP contribution in [0.1, 0.15) is 18.5 Å². The molecule has 3 aliphatic rings. The molecule has 0 atom stereocenters. The van der Waals surface area contributed by atoms with Crippen molar-refractivity contribution in [3.05, 3.63) is 53.3 Å². The van der Waals surface area contributed by atoms with Crippen molar-refractivity contribution in [2.75, 3.05) is 13.7 Å². The molecule has 0 bridgehead atoms. The second-order valence-electron chi connectivity index (χ2n) is 5.50. The monoisotopic (exact) mass is 298 g/mol. The molecule has 1 fully saturated rings. The number of ether oxygens (including phenoxy) is 1. The Morgan fingerprint density at radius 1 is 1.32 bits per heavy atom. The normalized spacial score (nSPS) is 21.0. The molecule has 4 rings (SSSR count). The topological polar surface area (TPSA) is 50.6 Å². The molecule has 0 spiro atoms. The smallest absolute Gasteiger partial charge is 0.155 e. The molecule has 112 valence electrons. The van der Waals surface area contributed by atoms with Gasteiger partial charge in [-0.1, -0.05) is 0 Å². The first-order chi connectivity index (χ1) is 10.8. The minimum atomic E-state index is -0.287. The van der Waals surface area contributed by atoms with E-state index in [1.54, 1.807) is 32.0 Å². The maximum atomic E-state index is 14.7. The number of aromatic nitrogens is 2. The van der Waals surface area contributed by atoms with E-state index in [1.165, 1.54) is 0 Å². The lowest BCUT2D eigenvalue weighted by Crippen LogP contribution is -2.32. The van der Waals surface area contributed by atoms with E-state index in [2.05, 4.69) is 15.0 Å². The van der Waals surface area contributed by atoms with E-state index in [-0.39, 0.29) is 12.4 Å². The second kappa shape index (κ2) is 5.05. The Morgan fingerprint density at radius 3 is 2.86 bits per heavy atom. The van der Waals surface area contributed by atoms with E-state index in [9.17, 15) is 4.39 Å². The molecular weight excluding hydrogens is 283 g/mol. The van der Waals surface area contributed by atoms with E-state index in [0.29, 0.717) is 22.9 Å². The van der Waals surface area contributed by atoms with Gasteiger partial charge in [-0.2, -0.15) is 0 Å². The van der Waals surface area contributed by atoms with Gasteiger partial charge in [-0.05, 0) is 18.8 Å². The first-order valence-electron chi connectivity index (χ1n) is 7.23. The highest BCUT2D eigenvalue weighted by Gasteiger charge is 2.38. The second-order valence-corrected chi connectivity index (χ2v) is 5.50. The lowest BCUT2D eigenvalue weighted by molar-refractivity contribution is 0.286. The number of methoxy groups -OCH3 is 1. The summed E-state index contributed by atoms with van der Waals surface area (Å²) in [4.78, 5) is 14.3. The number of allylic oxidation sites excluding steroid dienone is 2. The quantitative estimate of drug-likeness (QED) is 0.861. The van der Waals surface area contributed by atoms with Crippen LogP contribution in [0.15, 0.2) is 52.6 Å². The summed E-state index contributed by atoms with van der Waals surface area (Å²) in [5, 5.41) is 0. The number of aliphatic imine (C=N–C) groups is 1.